The number of benzene rings is 2. The summed E-state index contributed by atoms with van der Waals surface area (Å²) >= 11 is 0. The summed E-state index contributed by atoms with van der Waals surface area (Å²) in [6, 6.07) is 16.2. The SMILES string of the molecule is CCCC[C@H](CC)C(=O)N(Cc1ccc(OCc2ccccc2)c(OC)c1)C(C)C. The van der Waals surface area contributed by atoms with E-state index in [1.165, 1.54) is 0 Å². The van der Waals surface area contributed by atoms with Gasteiger partial charge in [0.05, 0.1) is 7.11 Å². The predicted molar refractivity (Wildman–Crippen MR) is 123 cm³/mol. The lowest BCUT2D eigenvalue weighted by atomic mass is 9.97. The van der Waals surface area contributed by atoms with Crippen molar-refractivity contribution in [3.8, 4) is 11.5 Å². The van der Waals surface area contributed by atoms with Crippen LogP contribution in [0.4, 0.5) is 0 Å². The fourth-order valence-electron chi connectivity index (χ4n) is 3.56. The number of carbonyl (C=O) groups is 1. The number of amides is 1. The molecule has 0 aliphatic heterocycles. The van der Waals surface area contributed by atoms with Crippen LogP contribution in [0.15, 0.2) is 48.5 Å². The van der Waals surface area contributed by atoms with Gasteiger partial charge >= 0.3 is 0 Å². The molecule has 0 unspecified atom stereocenters. The van der Waals surface area contributed by atoms with E-state index in [9.17, 15) is 4.79 Å². The van der Waals surface area contributed by atoms with Crippen molar-refractivity contribution >= 4 is 5.91 Å². The molecular weight excluding hydrogens is 374 g/mol. The molecule has 0 aromatic heterocycles. The summed E-state index contributed by atoms with van der Waals surface area (Å²) in [7, 11) is 1.65. The van der Waals surface area contributed by atoms with E-state index in [-0.39, 0.29) is 17.9 Å². The third kappa shape index (κ3) is 6.79. The highest BCUT2D eigenvalue weighted by Gasteiger charge is 2.25. The van der Waals surface area contributed by atoms with Gasteiger partial charge in [-0.3, -0.25) is 4.79 Å². The van der Waals surface area contributed by atoms with Crippen molar-refractivity contribution in [3.05, 3.63) is 59.7 Å². The first-order chi connectivity index (χ1) is 14.5. The number of ether oxygens (including phenoxy) is 2. The topological polar surface area (TPSA) is 38.8 Å². The molecule has 0 heterocycles. The summed E-state index contributed by atoms with van der Waals surface area (Å²) in [5.74, 6) is 1.76. The first-order valence-electron chi connectivity index (χ1n) is 11.1. The van der Waals surface area contributed by atoms with E-state index in [4.69, 9.17) is 9.47 Å². The quantitative estimate of drug-likeness (QED) is 0.416. The molecule has 0 spiro atoms. The summed E-state index contributed by atoms with van der Waals surface area (Å²) in [5, 5.41) is 0. The molecule has 4 nitrogen and oxygen atoms in total. The van der Waals surface area contributed by atoms with Gasteiger partial charge in [0.1, 0.15) is 6.61 Å². The Balaban J connectivity index is 2.11. The van der Waals surface area contributed by atoms with Crippen molar-refractivity contribution in [3.63, 3.8) is 0 Å². The van der Waals surface area contributed by atoms with Gasteiger partial charge in [0, 0.05) is 18.5 Å². The van der Waals surface area contributed by atoms with Gasteiger partial charge in [-0.1, -0.05) is 63.1 Å². The molecule has 1 atom stereocenters. The molecule has 4 heteroatoms. The number of hydrogen-bond acceptors (Lipinski definition) is 3. The third-order valence-corrected chi connectivity index (χ3v) is 5.47. The van der Waals surface area contributed by atoms with Crippen molar-refractivity contribution in [1.29, 1.82) is 0 Å². The van der Waals surface area contributed by atoms with Crippen molar-refractivity contribution in [2.75, 3.05) is 7.11 Å². The summed E-state index contributed by atoms with van der Waals surface area (Å²) in [5.41, 5.74) is 2.16. The van der Waals surface area contributed by atoms with Gasteiger partial charge in [-0.05, 0) is 49.9 Å². The van der Waals surface area contributed by atoms with E-state index >= 15 is 0 Å². The van der Waals surface area contributed by atoms with Crippen molar-refractivity contribution in [2.45, 2.75) is 72.6 Å². The Morgan fingerprint density at radius 2 is 1.73 bits per heavy atom. The molecule has 2 aromatic carbocycles. The Labute approximate surface area is 182 Å². The van der Waals surface area contributed by atoms with Gasteiger partial charge in [-0.25, -0.2) is 0 Å². The fraction of sp³-hybridized carbons (Fsp3) is 0.500. The minimum atomic E-state index is 0.0997. The molecule has 1 amide bonds. The van der Waals surface area contributed by atoms with E-state index < -0.39 is 0 Å². The Hall–Kier alpha value is -2.49. The average Bonchev–Trinajstić information content (AvgIpc) is 2.77. The number of carbonyl (C=O) groups excluding carboxylic acids is 1. The highest BCUT2D eigenvalue weighted by atomic mass is 16.5. The van der Waals surface area contributed by atoms with Crippen molar-refractivity contribution in [2.24, 2.45) is 5.92 Å². The maximum absolute atomic E-state index is 13.2. The minimum absolute atomic E-state index is 0.0997. The molecule has 0 saturated heterocycles. The zero-order valence-corrected chi connectivity index (χ0v) is 19.2. The highest BCUT2D eigenvalue weighted by Crippen LogP contribution is 2.30. The zero-order valence-electron chi connectivity index (χ0n) is 19.2. The molecule has 0 aliphatic carbocycles. The van der Waals surface area contributed by atoms with Gasteiger partial charge < -0.3 is 14.4 Å². The molecule has 30 heavy (non-hydrogen) atoms. The van der Waals surface area contributed by atoms with E-state index in [2.05, 4.69) is 27.7 Å². The summed E-state index contributed by atoms with van der Waals surface area (Å²) in [6.45, 7) is 9.51. The molecule has 2 rings (SSSR count). The van der Waals surface area contributed by atoms with Gasteiger partial charge in [0.2, 0.25) is 5.91 Å². The third-order valence-electron chi connectivity index (χ3n) is 5.47. The van der Waals surface area contributed by atoms with Gasteiger partial charge in [0.25, 0.3) is 0 Å². The number of rotatable bonds is 12. The van der Waals surface area contributed by atoms with E-state index in [0.29, 0.717) is 24.7 Å². The molecule has 2 aromatic rings. The van der Waals surface area contributed by atoms with Gasteiger partial charge in [0.15, 0.2) is 11.5 Å². The molecule has 0 bridgehead atoms. The normalized spacial score (nSPS) is 11.9. The van der Waals surface area contributed by atoms with Crippen LogP contribution < -0.4 is 9.47 Å². The van der Waals surface area contributed by atoms with Crippen LogP contribution in [0.5, 0.6) is 11.5 Å². The predicted octanol–water partition coefficient (Wildman–Crippen LogP) is 6.23. The van der Waals surface area contributed by atoms with Gasteiger partial charge in [-0.15, -0.1) is 0 Å². The number of hydrogen-bond donors (Lipinski definition) is 0. The molecular formula is C26H37NO3. The molecule has 0 N–H and O–H groups in total. The van der Waals surface area contributed by atoms with Crippen LogP contribution in [0.3, 0.4) is 0 Å². The Morgan fingerprint density at radius 3 is 2.33 bits per heavy atom. The molecule has 0 saturated carbocycles. The van der Waals surface area contributed by atoms with Gasteiger partial charge in [-0.2, -0.15) is 0 Å². The van der Waals surface area contributed by atoms with Crippen molar-refractivity contribution < 1.29 is 14.3 Å². The first-order valence-corrected chi connectivity index (χ1v) is 11.1. The lowest BCUT2D eigenvalue weighted by molar-refractivity contribution is -0.138. The van der Waals surface area contributed by atoms with Crippen LogP contribution in [0, 0.1) is 5.92 Å². The lowest BCUT2D eigenvalue weighted by Crippen LogP contribution is -2.40. The Bertz CT molecular complexity index is 773. The second-order valence-electron chi connectivity index (χ2n) is 8.07. The first kappa shape index (κ1) is 23.8. The zero-order chi connectivity index (χ0) is 21.9. The van der Waals surface area contributed by atoms with Crippen LogP contribution in [0.2, 0.25) is 0 Å². The fourth-order valence-corrected chi connectivity index (χ4v) is 3.56. The number of unbranched alkanes of at least 4 members (excludes halogenated alkanes) is 1. The van der Waals surface area contributed by atoms with Crippen LogP contribution in [0.1, 0.15) is 64.5 Å². The van der Waals surface area contributed by atoms with Crippen LogP contribution in [-0.4, -0.2) is 24.0 Å². The second-order valence-corrected chi connectivity index (χ2v) is 8.07. The second kappa shape index (κ2) is 12.3. The summed E-state index contributed by atoms with van der Waals surface area (Å²) in [6.07, 6.45) is 4.06. The minimum Gasteiger partial charge on any atom is -0.493 e. The van der Waals surface area contributed by atoms with Crippen LogP contribution in [-0.2, 0) is 17.9 Å². The maximum Gasteiger partial charge on any atom is 0.226 e. The highest BCUT2D eigenvalue weighted by molar-refractivity contribution is 5.79. The Morgan fingerprint density at radius 1 is 1.00 bits per heavy atom. The monoisotopic (exact) mass is 411 g/mol. The van der Waals surface area contributed by atoms with Crippen molar-refractivity contribution in [1.82, 2.24) is 4.90 Å². The smallest absolute Gasteiger partial charge is 0.226 e. The molecule has 0 radical (unpaired) electrons. The largest absolute Gasteiger partial charge is 0.493 e. The lowest BCUT2D eigenvalue weighted by Gasteiger charge is -2.31. The standard InChI is InChI=1S/C26H37NO3/c1-6-8-14-23(7-2)26(28)27(20(3)4)18-22-15-16-24(25(17-22)29-5)30-19-21-12-10-9-11-13-21/h9-13,15-17,20,23H,6-8,14,18-19H2,1-5H3/t23-/m0/s1. The van der Waals surface area contributed by atoms with Crippen LogP contribution >= 0.6 is 0 Å². The van der Waals surface area contributed by atoms with E-state index in [0.717, 1.165) is 36.8 Å². The molecule has 0 aliphatic rings. The summed E-state index contributed by atoms with van der Waals surface area (Å²) < 4.78 is 11.5. The van der Waals surface area contributed by atoms with E-state index in [1.807, 2.05) is 53.4 Å². The van der Waals surface area contributed by atoms with Crippen LogP contribution in [0.25, 0.3) is 0 Å². The number of nitrogens with zero attached hydrogens (tertiary/aromatic N) is 1. The molecule has 164 valence electrons. The summed E-state index contributed by atoms with van der Waals surface area (Å²) in [4.78, 5) is 15.2. The average molecular weight is 412 g/mol. The molecule has 0 fully saturated rings. The number of methoxy groups -OCH3 is 1. The maximum atomic E-state index is 13.2. The van der Waals surface area contributed by atoms with E-state index in [1.54, 1.807) is 7.11 Å². The Kier molecular flexibility index (Phi) is 9.72.